The zero-order valence-electron chi connectivity index (χ0n) is 14.5. The van der Waals surface area contributed by atoms with Gasteiger partial charge in [0.1, 0.15) is 0 Å². The first-order valence-corrected chi connectivity index (χ1v) is 8.63. The van der Waals surface area contributed by atoms with Crippen molar-refractivity contribution < 1.29 is 9.13 Å². The van der Waals surface area contributed by atoms with Crippen molar-refractivity contribution in [2.45, 2.75) is 49.8 Å². The van der Waals surface area contributed by atoms with Crippen LogP contribution in [0.25, 0.3) is 0 Å². The Hall–Kier alpha value is -1.32. The lowest BCUT2D eigenvalue weighted by molar-refractivity contribution is -0.112. The van der Waals surface area contributed by atoms with E-state index < -0.39 is 5.85 Å². The Balaban J connectivity index is 2.05. The van der Waals surface area contributed by atoms with E-state index in [4.69, 9.17) is 4.74 Å². The second kappa shape index (κ2) is 7.06. The summed E-state index contributed by atoms with van der Waals surface area (Å²) in [5.74, 6) is -1.74. The Morgan fingerprint density at radius 2 is 1.35 bits per heavy atom. The average molecular weight is 332 g/mol. The Morgan fingerprint density at radius 1 is 0.870 bits per heavy atom. The molecule has 0 saturated carbocycles. The molecule has 1 atom stereocenters. The first kappa shape index (κ1) is 18.0. The van der Waals surface area contributed by atoms with E-state index in [1.54, 1.807) is 23.9 Å². The summed E-state index contributed by atoms with van der Waals surface area (Å²) in [5.41, 5.74) is 2.18. The minimum atomic E-state index is -1.74. The molecule has 2 aromatic rings. The third-order valence-corrected chi connectivity index (χ3v) is 4.66. The highest BCUT2D eigenvalue weighted by atomic mass is 32.2. The van der Waals surface area contributed by atoms with Gasteiger partial charge in [-0.15, -0.1) is 0 Å². The summed E-state index contributed by atoms with van der Waals surface area (Å²) in [6.07, 6.45) is 1.07. The molecule has 1 unspecified atom stereocenters. The van der Waals surface area contributed by atoms with Crippen LogP contribution in [0.1, 0.15) is 38.8 Å². The van der Waals surface area contributed by atoms with E-state index >= 15 is 0 Å². The third kappa shape index (κ3) is 5.36. The second-order valence-corrected chi connectivity index (χ2v) is 8.28. The molecule has 0 aliphatic heterocycles. The smallest absolute Gasteiger partial charge is 0.232 e. The Kier molecular flexibility index (Phi) is 5.53. The average Bonchev–Trinajstić information content (AvgIpc) is 2.48. The molecule has 0 aliphatic rings. The normalized spacial score (nSPS) is 14.5. The molecule has 0 amide bonds. The van der Waals surface area contributed by atoms with Crippen molar-refractivity contribution in [3.05, 3.63) is 59.7 Å². The maximum Gasteiger partial charge on any atom is 0.232 e. The predicted octanol–water partition coefficient (Wildman–Crippen LogP) is 6.22. The van der Waals surface area contributed by atoms with Crippen LogP contribution in [0.15, 0.2) is 58.3 Å². The Bertz CT molecular complexity index is 624. The van der Waals surface area contributed by atoms with Crippen molar-refractivity contribution in [2.75, 3.05) is 7.11 Å². The van der Waals surface area contributed by atoms with Crippen LogP contribution >= 0.6 is 11.8 Å². The number of rotatable bonds is 5. The Morgan fingerprint density at radius 3 is 1.78 bits per heavy atom. The SMILES string of the molecule is COC(C)(F)c1ccc(Sc2ccc(CC(C)(C)C)cc2)cc1. The molecule has 0 radical (unpaired) electrons. The third-order valence-electron chi connectivity index (χ3n) is 3.65. The number of methoxy groups -OCH3 is 1. The highest BCUT2D eigenvalue weighted by molar-refractivity contribution is 7.99. The van der Waals surface area contributed by atoms with Crippen LogP contribution in [0.2, 0.25) is 0 Å². The molecule has 3 heteroatoms. The van der Waals surface area contributed by atoms with E-state index in [0.717, 1.165) is 11.3 Å². The van der Waals surface area contributed by atoms with E-state index in [2.05, 4.69) is 45.0 Å². The quantitative estimate of drug-likeness (QED) is 0.643. The summed E-state index contributed by atoms with van der Waals surface area (Å²) in [6.45, 7) is 8.16. The molecule has 2 aromatic carbocycles. The predicted molar refractivity (Wildman–Crippen MR) is 95.6 cm³/mol. The molecule has 23 heavy (non-hydrogen) atoms. The molecular weight excluding hydrogens is 307 g/mol. The lowest BCUT2D eigenvalue weighted by Crippen LogP contribution is -2.17. The van der Waals surface area contributed by atoms with Crippen molar-refractivity contribution in [3.8, 4) is 0 Å². The van der Waals surface area contributed by atoms with Crippen LogP contribution in [-0.2, 0) is 17.0 Å². The first-order valence-electron chi connectivity index (χ1n) is 7.81. The molecule has 0 aliphatic carbocycles. The van der Waals surface area contributed by atoms with Crippen LogP contribution in [0.4, 0.5) is 4.39 Å². The summed E-state index contributed by atoms with van der Waals surface area (Å²) in [7, 11) is 1.38. The van der Waals surface area contributed by atoms with Gasteiger partial charge in [-0.2, -0.15) is 0 Å². The second-order valence-electron chi connectivity index (χ2n) is 7.13. The molecule has 2 rings (SSSR count). The topological polar surface area (TPSA) is 9.23 Å². The van der Waals surface area contributed by atoms with E-state index in [9.17, 15) is 4.39 Å². The maximum atomic E-state index is 14.1. The number of hydrogen-bond donors (Lipinski definition) is 0. The lowest BCUT2D eigenvalue weighted by atomic mass is 9.88. The minimum absolute atomic E-state index is 0.296. The molecule has 0 saturated heterocycles. The van der Waals surface area contributed by atoms with Gasteiger partial charge in [0.15, 0.2) is 0 Å². The van der Waals surface area contributed by atoms with Crippen LogP contribution in [-0.4, -0.2) is 7.11 Å². The molecule has 0 aromatic heterocycles. The van der Waals surface area contributed by atoms with Gasteiger partial charge in [-0.25, -0.2) is 4.39 Å². The summed E-state index contributed by atoms with van der Waals surface area (Å²) in [4.78, 5) is 2.27. The molecule has 0 fully saturated rings. The fraction of sp³-hybridized carbons (Fsp3) is 0.400. The van der Waals surface area contributed by atoms with E-state index in [-0.39, 0.29) is 0 Å². The number of halogens is 1. The summed E-state index contributed by atoms with van der Waals surface area (Å²) >= 11 is 1.68. The fourth-order valence-electron chi connectivity index (χ4n) is 2.36. The molecule has 0 heterocycles. The minimum Gasteiger partial charge on any atom is -0.346 e. The van der Waals surface area contributed by atoms with Gasteiger partial charge in [-0.05, 0) is 48.6 Å². The highest BCUT2D eigenvalue weighted by Crippen LogP contribution is 2.32. The summed E-state index contributed by atoms with van der Waals surface area (Å²) in [5, 5.41) is 0. The van der Waals surface area contributed by atoms with Crippen LogP contribution in [0.5, 0.6) is 0 Å². The van der Waals surface area contributed by atoms with Gasteiger partial charge in [-0.3, -0.25) is 0 Å². The van der Waals surface area contributed by atoms with Crippen molar-refractivity contribution in [1.82, 2.24) is 0 Å². The van der Waals surface area contributed by atoms with Gasteiger partial charge >= 0.3 is 0 Å². The molecule has 0 N–H and O–H groups in total. The molecule has 1 nitrogen and oxygen atoms in total. The van der Waals surface area contributed by atoms with Gasteiger partial charge in [-0.1, -0.05) is 56.8 Å². The van der Waals surface area contributed by atoms with Crippen LogP contribution < -0.4 is 0 Å². The van der Waals surface area contributed by atoms with E-state index in [1.807, 2.05) is 12.1 Å². The van der Waals surface area contributed by atoms with Crippen molar-refractivity contribution in [3.63, 3.8) is 0 Å². The number of hydrogen-bond acceptors (Lipinski definition) is 2. The highest BCUT2D eigenvalue weighted by Gasteiger charge is 2.24. The van der Waals surface area contributed by atoms with Gasteiger partial charge in [0.25, 0.3) is 0 Å². The van der Waals surface area contributed by atoms with E-state index in [1.165, 1.54) is 24.5 Å². The van der Waals surface area contributed by atoms with Crippen molar-refractivity contribution >= 4 is 11.8 Å². The van der Waals surface area contributed by atoms with Gasteiger partial charge < -0.3 is 4.74 Å². The van der Waals surface area contributed by atoms with Gasteiger partial charge in [0, 0.05) is 22.5 Å². The summed E-state index contributed by atoms with van der Waals surface area (Å²) in [6, 6.07) is 16.1. The molecular formula is C20H25FOS. The van der Waals surface area contributed by atoms with Crippen molar-refractivity contribution in [1.29, 1.82) is 0 Å². The standard InChI is InChI=1S/C20H25FOS/c1-19(2,3)14-15-6-10-17(11-7-15)23-18-12-8-16(9-13-18)20(4,21)22-5/h6-13H,14H2,1-5H3. The molecule has 0 spiro atoms. The first-order chi connectivity index (χ1) is 10.7. The Labute approximate surface area is 143 Å². The zero-order chi connectivity index (χ0) is 17.1. The largest absolute Gasteiger partial charge is 0.346 e. The van der Waals surface area contributed by atoms with Crippen molar-refractivity contribution in [2.24, 2.45) is 5.41 Å². The lowest BCUT2D eigenvalue weighted by Gasteiger charge is -2.19. The monoisotopic (exact) mass is 332 g/mol. The summed E-state index contributed by atoms with van der Waals surface area (Å²) < 4.78 is 18.9. The van der Waals surface area contributed by atoms with Gasteiger partial charge in [0.2, 0.25) is 5.85 Å². The number of alkyl halides is 1. The molecule has 124 valence electrons. The van der Waals surface area contributed by atoms with E-state index in [0.29, 0.717) is 11.0 Å². The molecule has 0 bridgehead atoms. The number of ether oxygens (including phenoxy) is 1. The van der Waals surface area contributed by atoms with Gasteiger partial charge in [0.05, 0.1) is 0 Å². The van der Waals surface area contributed by atoms with Crippen LogP contribution in [0, 0.1) is 5.41 Å². The van der Waals surface area contributed by atoms with Crippen LogP contribution in [0.3, 0.4) is 0 Å². The number of benzene rings is 2. The fourth-order valence-corrected chi connectivity index (χ4v) is 3.18. The maximum absolute atomic E-state index is 14.1. The zero-order valence-corrected chi connectivity index (χ0v) is 15.3.